The van der Waals surface area contributed by atoms with Crippen LogP contribution in [-0.2, 0) is 0 Å². The van der Waals surface area contributed by atoms with Crippen molar-refractivity contribution in [3.8, 4) is 0 Å². The Morgan fingerprint density at radius 3 is 3.08 bits per heavy atom. The number of fused-ring (bicyclic) bond motifs is 1. The van der Waals surface area contributed by atoms with E-state index in [-0.39, 0.29) is 5.56 Å². The Hall–Kier alpha value is -1.90. The molecule has 3 nitrogen and oxygen atoms in total. The minimum atomic E-state index is -0.0753. The summed E-state index contributed by atoms with van der Waals surface area (Å²) in [6.07, 6.45) is 4.88. The Morgan fingerprint density at radius 1 is 1.46 bits per heavy atom. The Labute approximate surface area is 75.0 Å². The highest BCUT2D eigenvalue weighted by Crippen LogP contribution is 2.06. The fourth-order valence-corrected chi connectivity index (χ4v) is 1.24. The minimum Gasteiger partial charge on any atom is -0.269 e. The molecule has 0 fully saturated rings. The fourth-order valence-electron chi connectivity index (χ4n) is 1.24. The summed E-state index contributed by atoms with van der Waals surface area (Å²) in [5.74, 6) is 0. The van der Waals surface area contributed by atoms with Crippen molar-refractivity contribution in [2.45, 2.75) is 0 Å². The molecule has 0 bridgehead atoms. The van der Waals surface area contributed by atoms with Gasteiger partial charge in [0, 0.05) is 24.0 Å². The van der Waals surface area contributed by atoms with E-state index in [1.165, 1.54) is 16.7 Å². The van der Waals surface area contributed by atoms with Gasteiger partial charge in [0.05, 0.1) is 0 Å². The molecule has 2 aromatic rings. The van der Waals surface area contributed by atoms with Crippen molar-refractivity contribution < 1.29 is 0 Å². The number of hydrogen-bond acceptors (Lipinski definition) is 2. The summed E-state index contributed by atoms with van der Waals surface area (Å²) in [5.41, 5.74) is 1.43. The summed E-state index contributed by atoms with van der Waals surface area (Å²) in [4.78, 5) is 15.4. The van der Waals surface area contributed by atoms with Gasteiger partial charge in [-0.05, 0) is 12.1 Å². The van der Waals surface area contributed by atoms with E-state index in [1.54, 1.807) is 18.3 Å². The second-order valence-corrected chi connectivity index (χ2v) is 2.64. The smallest absolute Gasteiger partial charge is 0.257 e. The molecule has 13 heavy (non-hydrogen) atoms. The first-order valence-electron chi connectivity index (χ1n) is 3.92. The third-order valence-corrected chi connectivity index (χ3v) is 1.87. The lowest BCUT2D eigenvalue weighted by atomic mass is 10.2. The van der Waals surface area contributed by atoms with Crippen LogP contribution in [0.15, 0.2) is 42.0 Å². The molecule has 0 amide bonds. The van der Waals surface area contributed by atoms with E-state index in [0.29, 0.717) is 5.65 Å². The van der Waals surface area contributed by atoms with Gasteiger partial charge >= 0.3 is 0 Å². The average Bonchev–Trinajstić information content (AvgIpc) is 2.18. The zero-order chi connectivity index (χ0) is 9.26. The molecule has 0 spiro atoms. The SMILES string of the molecule is C=Cc1cccn2c(=O)ccnc12. The number of nitrogens with zero attached hydrogens (tertiary/aromatic N) is 2. The molecule has 0 saturated heterocycles. The van der Waals surface area contributed by atoms with E-state index in [4.69, 9.17) is 0 Å². The van der Waals surface area contributed by atoms with Crippen LogP contribution in [0, 0.1) is 0 Å². The molecule has 0 unspecified atom stereocenters. The zero-order valence-electron chi connectivity index (χ0n) is 6.97. The predicted molar refractivity (Wildman–Crippen MR) is 51.6 cm³/mol. The lowest BCUT2D eigenvalue weighted by Crippen LogP contribution is -2.12. The van der Waals surface area contributed by atoms with E-state index >= 15 is 0 Å². The normalized spacial score (nSPS) is 10.2. The van der Waals surface area contributed by atoms with Gasteiger partial charge in [-0.25, -0.2) is 4.98 Å². The molecule has 3 heteroatoms. The highest BCUT2D eigenvalue weighted by molar-refractivity contribution is 5.63. The molecular formula is C10H8N2O. The molecule has 2 rings (SSSR count). The molecule has 64 valence electrons. The molecule has 0 atom stereocenters. The standard InChI is InChI=1S/C10H8N2O/c1-2-8-4-3-7-12-9(13)5-6-11-10(8)12/h2-7H,1H2. The number of pyridine rings is 1. The summed E-state index contributed by atoms with van der Waals surface area (Å²) in [5, 5.41) is 0. The Kier molecular flexibility index (Phi) is 1.70. The van der Waals surface area contributed by atoms with Gasteiger partial charge in [-0.15, -0.1) is 0 Å². The predicted octanol–water partition coefficient (Wildman–Crippen LogP) is 1.34. The Balaban J connectivity index is 3.00. The van der Waals surface area contributed by atoms with Gasteiger partial charge in [0.1, 0.15) is 5.65 Å². The second-order valence-electron chi connectivity index (χ2n) is 2.64. The molecule has 0 N–H and O–H groups in total. The molecule has 0 aliphatic carbocycles. The van der Waals surface area contributed by atoms with Gasteiger partial charge in [-0.1, -0.05) is 12.7 Å². The maximum Gasteiger partial charge on any atom is 0.257 e. The van der Waals surface area contributed by atoms with E-state index in [2.05, 4.69) is 11.6 Å². The highest BCUT2D eigenvalue weighted by Gasteiger charge is 1.98. The van der Waals surface area contributed by atoms with Crippen LogP contribution < -0.4 is 5.56 Å². The van der Waals surface area contributed by atoms with Gasteiger partial charge in [0.2, 0.25) is 0 Å². The van der Waals surface area contributed by atoms with Gasteiger partial charge < -0.3 is 0 Å². The Bertz CT molecular complexity index is 514. The first-order chi connectivity index (χ1) is 6.33. The van der Waals surface area contributed by atoms with Gasteiger partial charge in [0.25, 0.3) is 5.56 Å². The molecule has 0 aromatic carbocycles. The van der Waals surface area contributed by atoms with Crippen LogP contribution >= 0.6 is 0 Å². The van der Waals surface area contributed by atoms with E-state index in [9.17, 15) is 4.79 Å². The third kappa shape index (κ3) is 1.14. The van der Waals surface area contributed by atoms with Gasteiger partial charge in [-0.3, -0.25) is 9.20 Å². The quantitative estimate of drug-likeness (QED) is 0.650. The monoisotopic (exact) mass is 172 g/mol. The van der Waals surface area contributed by atoms with Crippen molar-refractivity contribution in [3.05, 3.63) is 53.1 Å². The van der Waals surface area contributed by atoms with Crippen LogP contribution in [0.4, 0.5) is 0 Å². The van der Waals surface area contributed by atoms with Crippen molar-refractivity contribution >= 4 is 11.7 Å². The van der Waals surface area contributed by atoms with Crippen LogP contribution in [0.2, 0.25) is 0 Å². The maximum absolute atomic E-state index is 11.3. The molecule has 0 aliphatic rings. The van der Waals surface area contributed by atoms with Crippen LogP contribution in [-0.4, -0.2) is 9.38 Å². The van der Waals surface area contributed by atoms with E-state index < -0.39 is 0 Å². The molecule has 0 saturated carbocycles. The minimum absolute atomic E-state index is 0.0753. The number of aromatic nitrogens is 2. The summed E-state index contributed by atoms with van der Waals surface area (Å²) in [6.45, 7) is 3.66. The molecule has 2 aromatic heterocycles. The fraction of sp³-hybridized carbons (Fsp3) is 0. The van der Waals surface area contributed by atoms with E-state index in [0.717, 1.165) is 5.56 Å². The number of hydrogen-bond donors (Lipinski definition) is 0. The molecule has 2 heterocycles. The first-order valence-corrected chi connectivity index (χ1v) is 3.92. The van der Waals surface area contributed by atoms with Crippen molar-refractivity contribution in [2.24, 2.45) is 0 Å². The van der Waals surface area contributed by atoms with Crippen molar-refractivity contribution in [1.29, 1.82) is 0 Å². The second kappa shape index (κ2) is 2.86. The van der Waals surface area contributed by atoms with Crippen LogP contribution in [0.5, 0.6) is 0 Å². The first kappa shape index (κ1) is 7.73. The summed E-state index contributed by atoms with van der Waals surface area (Å²) >= 11 is 0. The third-order valence-electron chi connectivity index (χ3n) is 1.87. The van der Waals surface area contributed by atoms with E-state index in [1.807, 2.05) is 6.07 Å². The lowest BCUT2D eigenvalue weighted by molar-refractivity contribution is 1.04. The van der Waals surface area contributed by atoms with Crippen LogP contribution in [0.3, 0.4) is 0 Å². The van der Waals surface area contributed by atoms with Gasteiger partial charge in [0.15, 0.2) is 0 Å². The van der Waals surface area contributed by atoms with Gasteiger partial charge in [-0.2, -0.15) is 0 Å². The topological polar surface area (TPSA) is 34.4 Å². The largest absolute Gasteiger partial charge is 0.269 e. The highest BCUT2D eigenvalue weighted by atomic mass is 16.1. The number of rotatable bonds is 1. The molecule has 0 radical (unpaired) electrons. The van der Waals surface area contributed by atoms with Crippen molar-refractivity contribution in [1.82, 2.24) is 9.38 Å². The van der Waals surface area contributed by atoms with Crippen molar-refractivity contribution in [2.75, 3.05) is 0 Å². The van der Waals surface area contributed by atoms with Crippen molar-refractivity contribution in [3.63, 3.8) is 0 Å². The summed E-state index contributed by atoms with van der Waals surface area (Å²) in [7, 11) is 0. The van der Waals surface area contributed by atoms with Crippen LogP contribution in [0.25, 0.3) is 11.7 Å². The Morgan fingerprint density at radius 2 is 2.31 bits per heavy atom. The summed E-state index contributed by atoms with van der Waals surface area (Å²) in [6, 6.07) is 5.10. The molecule has 0 aliphatic heterocycles. The maximum atomic E-state index is 11.3. The zero-order valence-corrected chi connectivity index (χ0v) is 6.97. The average molecular weight is 172 g/mol. The summed E-state index contributed by atoms with van der Waals surface area (Å²) < 4.78 is 1.50. The van der Waals surface area contributed by atoms with Crippen LogP contribution in [0.1, 0.15) is 5.56 Å². The molecular weight excluding hydrogens is 164 g/mol. The lowest BCUT2D eigenvalue weighted by Gasteiger charge is -2.00.